The predicted octanol–water partition coefficient (Wildman–Crippen LogP) is 4.15. The van der Waals surface area contributed by atoms with Crippen molar-refractivity contribution >= 4 is 34.6 Å². The molecule has 118 valence electrons. The van der Waals surface area contributed by atoms with Gasteiger partial charge in [-0.3, -0.25) is 4.79 Å². The molecule has 0 unspecified atom stereocenters. The van der Waals surface area contributed by atoms with Crippen LogP contribution >= 0.6 is 23.2 Å². The van der Waals surface area contributed by atoms with Crippen LogP contribution in [-0.4, -0.2) is 9.78 Å². The molecule has 24 heavy (non-hydrogen) atoms. The van der Waals surface area contributed by atoms with Crippen molar-refractivity contribution in [3.8, 4) is 11.8 Å². The van der Waals surface area contributed by atoms with Crippen molar-refractivity contribution < 1.29 is 0 Å². The number of aromatic nitrogens is 2. The summed E-state index contributed by atoms with van der Waals surface area (Å²) in [6.07, 6.45) is 0. The number of nitrogens with zero attached hydrogens (tertiary/aromatic N) is 3. The second-order valence-corrected chi connectivity index (χ2v) is 5.75. The maximum atomic E-state index is 12.3. The molecule has 0 aliphatic rings. The second-order valence-electron chi connectivity index (χ2n) is 4.88. The van der Waals surface area contributed by atoms with Gasteiger partial charge in [-0.2, -0.15) is 15.0 Å². The molecule has 7 heteroatoms. The zero-order valence-electron chi connectivity index (χ0n) is 12.2. The Hall–Kier alpha value is -2.81. The third-order valence-electron chi connectivity index (χ3n) is 3.23. The molecule has 1 N–H and O–H groups in total. The smallest absolute Gasteiger partial charge is 0.273 e. The lowest BCUT2D eigenvalue weighted by Gasteiger charge is -2.10. The van der Waals surface area contributed by atoms with Crippen molar-refractivity contribution in [1.82, 2.24) is 9.78 Å². The highest BCUT2D eigenvalue weighted by Crippen LogP contribution is 2.20. The van der Waals surface area contributed by atoms with Crippen LogP contribution in [-0.2, 0) is 0 Å². The van der Waals surface area contributed by atoms with Gasteiger partial charge in [0.15, 0.2) is 5.69 Å². The van der Waals surface area contributed by atoms with E-state index in [1.807, 2.05) is 6.07 Å². The zero-order valence-corrected chi connectivity index (χ0v) is 13.7. The van der Waals surface area contributed by atoms with E-state index >= 15 is 0 Å². The minimum atomic E-state index is -0.368. The van der Waals surface area contributed by atoms with Gasteiger partial charge >= 0.3 is 0 Å². The first-order valence-electron chi connectivity index (χ1n) is 6.90. The molecule has 0 bridgehead atoms. The summed E-state index contributed by atoms with van der Waals surface area (Å²) < 4.78 is 1.15. The van der Waals surface area contributed by atoms with Crippen molar-refractivity contribution in [2.75, 3.05) is 5.32 Å². The highest BCUT2D eigenvalue weighted by Gasteiger charge is 2.10. The van der Waals surface area contributed by atoms with Crippen LogP contribution in [0.1, 0.15) is 5.69 Å². The van der Waals surface area contributed by atoms with Crippen molar-refractivity contribution in [2.24, 2.45) is 0 Å². The number of hydrogen-bond acceptors (Lipinski definition) is 4. The number of rotatable bonds is 3. The van der Waals surface area contributed by atoms with E-state index in [-0.39, 0.29) is 11.3 Å². The summed E-state index contributed by atoms with van der Waals surface area (Å²) in [6.45, 7) is 0. The molecule has 1 aromatic heterocycles. The molecule has 0 amide bonds. The van der Waals surface area contributed by atoms with Gasteiger partial charge in [-0.05, 0) is 48.5 Å². The molecule has 0 spiro atoms. The minimum Gasteiger partial charge on any atom is -0.353 e. The Labute approximate surface area is 147 Å². The van der Waals surface area contributed by atoms with Gasteiger partial charge in [0.2, 0.25) is 0 Å². The Bertz CT molecular complexity index is 973. The Kier molecular flexibility index (Phi) is 4.52. The summed E-state index contributed by atoms with van der Waals surface area (Å²) in [4.78, 5) is 12.3. The topological polar surface area (TPSA) is 70.7 Å². The fourth-order valence-electron chi connectivity index (χ4n) is 2.09. The zero-order chi connectivity index (χ0) is 17.1. The normalized spacial score (nSPS) is 10.2. The van der Waals surface area contributed by atoms with Crippen LogP contribution in [0.5, 0.6) is 0 Å². The summed E-state index contributed by atoms with van der Waals surface area (Å²) in [5, 5.41) is 17.6. The van der Waals surface area contributed by atoms with E-state index < -0.39 is 0 Å². The summed E-state index contributed by atoms with van der Waals surface area (Å²) in [7, 11) is 0. The average Bonchev–Trinajstić information content (AvgIpc) is 2.58. The molecule has 1 heterocycles. The van der Waals surface area contributed by atoms with Crippen LogP contribution in [0.4, 0.5) is 11.4 Å². The summed E-state index contributed by atoms with van der Waals surface area (Å²) in [6, 6.07) is 16.8. The highest BCUT2D eigenvalue weighted by atomic mass is 35.5. The molecular formula is C17H10Cl2N4O. The SMILES string of the molecule is N#Cc1nn(-c2ccc(Cl)cc2)c(=O)cc1Nc1ccc(Cl)cc1. The monoisotopic (exact) mass is 356 g/mol. The lowest BCUT2D eigenvalue weighted by Crippen LogP contribution is -2.22. The van der Waals surface area contributed by atoms with Crippen LogP contribution in [0.25, 0.3) is 5.69 Å². The van der Waals surface area contributed by atoms with Gasteiger partial charge in [-0.25, -0.2) is 0 Å². The van der Waals surface area contributed by atoms with Crippen LogP contribution in [0, 0.1) is 11.3 Å². The van der Waals surface area contributed by atoms with E-state index in [2.05, 4.69) is 10.4 Å². The molecule has 3 rings (SSSR count). The van der Waals surface area contributed by atoms with E-state index in [0.29, 0.717) is 27.1 Å². The summed E-state index contributed by atoms with van der Waals surface area (Å²) in [5.41, 5.74) is 1.28. The van der Waals surface area contributed by atoms with Gasteiger partial charge in [0.25, 0.3) is 5.56 Å². The Balaban J connectivity index is 2.02. The molecule has 0 saturated heterocycles. The van der Waals surface area contributed by atoms with Crippen molar-refractivity contribution in [1.29, 1.82) is 5.26 Å². The minimum absolute atomic E-state index is 0.0968. The molecule has 2 aromatic carbocycles. The summed E-state index contributed by atoms with van der Waals surface area (Å²) in [5.74, 6) is 0. The Morgan fingerprint density at radius 2 is 1.58 bits per heavy atom. The van der Waals surface area contributed by atoms with Crippen LogP contribution in [0.15, 0.2) is 59.4 Å². The number of nitriles is 1. The maximum absolute atomic E-state index is 12.3. The number of hydrogen-bond donors (Lipinski definition) is 1. The first kappa shape index (κ1) is 16.1. The van der Waals surface area contributed by atoms with Crippen molar-refractivity contribution in [3.05, 3.63) is 80.7 Å². The highest BCUT2D eigenvalue weighted by molar-refractivity contribution is 6.30. The van der Waals surface area contributed by atoms with Gasteiger partial charge in [0.1, 0.15) is 6.07 Å². The van der Waals surface area contributed by atoms with Gasteiger partial charge in [-0.1, -0.05) is 23.2 Å². The quantitative estimate of drug-likeness (QED) is 0.764. The van der Waals surface area contributed by atoms with Crippen LogP contribution in [0.2, 0.25) is 10.0 Å². The van der Waals surface area contributed by atoms with Crippen LogP contribution < -0.4 is 10.9 Å². The second kappa shape index (κ2) is 6.75. The number of anilines is 2. The predicted molar refractivity (Wildman–Crippen MR) is 94.3 cm³/mol. The molecule has 0 atom stereocenters. The van der Waals surface area contributed by atoms with E-state index in [9.17, 15) is 10.1 Å². The fourth-order valence-corrected chi connectivity index (χ4v) is 2.34. The van der Waals surface area contributed by atoms with Gasteiger partial charge in [-0.15, -0.1) is 0 Å². The standard InChI is InChI=1S/C17H10Cl2N4O/c18-11-1-5-13(6-2-11)21-15-9-17(24)23(22-16(15)10-20)14-7-3-12(19)4-8-14/h1-9,21H. The fraction of sp³-hybridized carbons (Fsp3) is 0. The molecule has 0 saturated carbocycles. The van der Waals surface area contributed by atoms with E-state index in [0.717, 1.165) is 4.68 Å². The first-order valence-corrected chi connectivity index (χ1v) is 7.65. The first-order chi connectivity index (χ1) is 11.6. The van der Waals surface area contributed by atoms with Crippen molar-refractivity contribution in [3.63, 3.8) is 0 Å². The largest absolute Gasteiger partial charge is 0.353 e. The van der Waals surface area contributed by atoms with Gasteiger partial charge in [0.05, 0.1) is 11.4 Å². The number of benzene rings is 2. The molecular weight excluding hydrogens is 347 g/mol. The average molecular weight is 357 g/mol. The number of halogens is 2. The molecule has 0 radical (unpaired) electrons. The molecule has 5 nitrogen and oxygen atoms in total. The third kappa shape index (κ3) is 3.40. The Morgan fingerprint density at radius 3 is 2.17 bits per heavy atom. The van der Waals surface area contributed by atoms with Gasteiger partial charge < -0.3 is 5.32 Å². The third-order valence-corrected chi connectivity index (χ3v) is 3.74. The number of nitrogens with one attached hydrogen (secondary N) is 1. The summed E-state index contributed by atoms with van der Waals surface area (Å²) >= 11 is 11.7. The van der Waals surface area contributed by atoms with E-state index in [4.69, 9.17) is 23.2 Å². The lowest BCUT2D eigenvalue weighted by molar-refractivity contribution is 0.800. The van der Waals surface area contributed by atoms with Crippen LogP contribution in [0.3, 0.4) is 0 Å². The molecule has 0 fully saturated rings. The van der Waals surface area contributed by atoms with Gasteiger partial charge in [0, 0.05) is 21.8 Å². The molecule has 0 aliphatic carbocycles. The van der Waals surface area contributed by atoms with E-state index in [1.54, 1.807) is 48.5 Å². The van der Waals surface area contributed by atoms with E-state index in [1.165, 1.54) is 6.07 Å². The maximum Gasteiger partial charge on any atom is 0.273 e. The lowest BCUT2D eigenvalue weighted by atomic mass is 10.2. The molecule has 3 aromatic rings. The Morgan fingerprint density at radius 1 is 1.00 bits per heavy atom. The van der Waals surface area contributed by atoms with Crippen molar-refractivity contribution in [2.45, 2.75) is 0 Å². The molecule has 0 aliphatic heterocycles.